The number of carbonyl (C=O) groups excluding carboxylic acids is 3. The fourth-order valence-electron chi connectivity index (χ4n) is 13.5. The van der Waals surface area contributed by atoms with E-state index in [0.717, 1.165) is 107 Å². The lowest BCUT2D eigenvalue weighted by Gasteiger charge is -2.27. The highest BCUT2D eigenvalue weighted by molar-refractivity contribution is 6.39. The molecule has 3 aliphatic heterocycles. The van der Waals surface area contributed by atoms with Crippen LogP contribution in [0.3, 0.4) is 0 Å². The van der Waals surface area contributed by atoms with Crippen LogP contribution in [0.2, 0.25) is 20.1 Å². The van der Waals surface area contributed by atoms with Crippen LogP contribution in [0.5, 0.6) is 11.8 Å². The Morgan fingerprint density at radius 1 is 0.545 bits per heavy atom. The number of ether oxygens (including phenoxy) is 2. The van der Waals surface area contributed by atoms with Gasteiger partial charge in [-0.2, -0.15) is 5.10 Å². The van der Waals surface area contributed by atoms with E-state index in [4.69, 9.17) is 88.0 Å². The minimum absolute atomic E-state index is 0.0299. The van der Waals surface area contributed by atoms with Gasteiger partial charge in [0.05, 0.1) is 57.5 Å². The van der Waals surface area contributed by atoms with E-state index < -0.39 is 12.2 Å². The maximum Gasteiger partial charge on any atom is 0.258 e. The van der Waals surface area contributed by atoms with Crippen molar-refractivity contribution in [2.45, 2.75) is 124 Å². The molecule has 0 spiro atoms. The van der Waals surface area contributed by atoms with E-state index in [2.05, 4.69) is 113 Å². The first kappa shape index (κ1) is 72.2. The first-order valence-corrected chi connectivity index (χ1v) is 35.7. The maximum absolute atomic E-state index is 12.8. The van der Waals surface area contributed by atoms with Gasteiger partial charge in [-0.25, -0.2) is 34.6 Å². The number of carbonyl (C=O) groups is 3. The monoisotopic (exact) mass is 1440 g/mol. The molecule has 526 valence electrons. The van der Waals surface area contributed by atoms with Gasteiger partial charge in [-0.3, -0.25) is 14.4 Å². The van der Waals surface area contributed by atoms with Gasteiger partial charge in [0.15, 0.2) is 34.8 Å². The number of aryl methyl sites for hydroxylation is 3. The lowest BCUT2D eigenvalue weighted by molar-refractivity contribution is 0.0826. The number of nitrogens with zero attached hydrogens (tertiary/aromatic N) is 12. The van der Waals surface area contributed by atoms with E-state index in [-0.39, 0.29) is 46.7 Å². The number of likely N-dealkylation sites (N-methyl/N-ethyl adjacent to an activating group) is 3. The summed E-state index contributed by atoms with van der Waals surface area (Å²) in [7, 11) is 9.79. The van der Waals surface area contributed by atoms with Crippen molar-refractivity contribution < 1.29 is 23.9 Å². The number of rotatable bonds is 17. The van der Waals surface area contributed by atoms with Gasteiger partial charge in [-0.15, -0.1) is 0 Å². The van der Waals surface area contributed by atoms with Crippen LogP contribution in [-0.4, -0.2) is 132 Å². The third kappa shape index (κ3) is 16.5. The van der Waals surface area contributed by atoms with Gasteiger partial charge in [-0.1, -0.05) is 46.4 Å². The Morgan fingerprint density at radius 2 is 0.921 bits per heavy atom. The van der Waals surface area contributed by atoms with Gasteiger partial charge in [0.1, 0.15) is 12.2 Å². The smallest absolute Gasteiger partial charge is 0.258 e. The molecule has 2 saturated carbocycles. The number of fused-ring (bicyclic) bond motifs is 3. The number of benzene rings is 5. The molecule has 1 amide bonds. The second-order valence-electron chi connectivity index (χ2n) is 27.8. The summed E-state index contributed by atoms with van der Waals surface area (Å²) in [6.45, 7) is 16.0. The summed E-state index contributed by atoms with van der Waals surface area (Å²) in [5.74, 6) is 2.28. The van der Waals surface area contributed by atoms with Gasteiger partial charge in [0.2, 0.25) is 0 Å². The summed E-state index contributed by atoms with van der Waals surface area (Å²) in [5, 5.41) is 5.75. The Labute approximate surface area is 609 Å². The van der Waals surface area contributed by atoms with Crippen LogP contribution in [0.4, 0.5) is 17.5 Å². The van der Waals surface area contributed by atoms with E-state index in [1.807, 2.05) is 13.8 Å². The molecule has 5 aromatic carbocycles. The molecule has 20 nitrogen and oxygen atoms in total. The Morgan fingerprint density at radius 3 is 1.30 bits per heavy atom. The lowest BCUT2D eigenvalue weighted by atomic mass is 9.92. The van der Waals surface area contributed by atoms with E-state index in [1.54, 1.807) is 63.1 Å². The van der Waals surface area contributed by atoms with Crippen molar-refractivity contribution in [3.05, 3.63) is 190 Å². The van der Waals surface area contributed by atoms with Crippen LogP contribution in [0.25, 0.3) is 39.6 Å². The van der Waals surface area contributed by atoms with Gasteiger partial charge in [-0.05, 0) is 223 Å². The molecule has 6 N–H and O–H groups in total. The molecule has 2 atom stereocenters. The largest absolute Gasteiger partial charge is 0.467 e. The van der Waals surface area contributed by atoms with E-state index in [9.17, 15) is 14.4 Å². The predicted molar refractivity (Wildman–Crippen MR) is 399 cm³/mol. The summed E-state index contributed by atoms with van der Waals surface area (Å²) >= 11 is 26.4. The molecule has 0 radical (unpaired) electrons. The lowest BCUT2D eigenvalue weighted by Crippen LogP contribution is -2.27. The number of Topliss-reactive ketones (excluding diaryl/α,β-unsaturated/α-hetero) is 2. The van der Waals surface area contributed by atoms with Crippen LogP contribution in [0.15, 0.2) is 91.6 Å². The average molecular weight is 1440 g/mol. The van der Waals surface area contributed by atoms with Crippen molar-refractivity contribution in [2.24, 2.45) is 11.8 Å². The van der Waals surface area contributed by atoms with E-state index >= 15 is 0 Å². The van der Waals surface area contributed by atoms with Crippen LogP contribution < -0.4 is 26.7 Å². The Balaban J connectivity index is 0.000000144. The molecule has 0 saturated heterocycles. The molecule has 9 aromatic rings. The molecular weight excluding hydrogens is 1360 g/mol. The molecule has 0 bridgehead atoms. The second-order valence-corrected chi connectivity index (χ2v) is 29.4. The van der Waals surface area contributed by atoms with Crippen LogP contribution in [-0.2, 0) is 38.9 Å². The summed E-state index contributed by atoms with van der Waals surface area (Å²) in [4.78, 5) is 73.3. The topological polar surface area (TPSA) is 256 Å². The maximum atomic E-state index is 12.8. The Bertz CT molecular complexity index is 4490. The number of aromatic nitrogens is 8. The van der Waals surface area contributed by atoms with E-state index in [0.29, 0.717) is 89.8 Å². The summed E-state index contributed by atoms with van der Waals surface area (Å²) in [5.41, 5.74) is 37.8. The van der Waals surface area contributed by atoms with Gasteiger partial charge in [0, 0.05) is 121 Å². The molecule has 5 aliphatic rings. The van der Waals surface area contributed by atoms with Crippen LogP contribution in [0.1, 0.15) is 157 Å². The zero-order valence-corrected chi connectivity index (χ0v) is 61.8. The number of nitrogen functional groups attached to an aromatic ring is 3. The molecular formula is C77H85Cl4N15O5. The number of anilines is 3. The number of ketones is 2. The second kappa shape index (κ2) is 30.5. The van der Waals surface area contributed by atoms with Crippen molar-refractivity contribution in [3.63, 3.8) is 0 Å². The van der Waals surface area contributed by atoms with Crippen LogP contribution in [0, 0.1) is 32.6 Å². The van der Waals surface area contributed by atoms with Crippen molar-refractivity contribution >= 4 is 81.3 Å². The van der Waals surface area contributed by atoms with Crippen LogP contribution >= 0.6 is 46.4 Å². The predicted octanol–water partition coefficient (Wildman–Crippen LogP) is 14.8. The summed E-state index contributed by atoms with van der Waals surface area (Å²) < 4.78 is 13.8. The number of hydrogen-bond donors (Lipinski definition) is 3. The Kier molecular flexibility index (Phi) is 21.8. The minimum Gasteiger partial charge on any atom is -0.467 e. The fourth-order valence-corrected chi connectivity index (χ4v) is 15.1. The van der Waals surface area contributed by atoms with Gasteiger partial charge < -0.3 is 46.3 Å². The molecule has 4 aromatic heterocycles. The zero-order valence-electron chi connectivity index (χ0n) is 58.7. The van der Waals surface area contributed by atoms with Gasteiger partial charge >= 0.3 is 0 Å². The number of nitrogens with two attached hydrogens (primary N) is 3. The fraction of sp³-hybridized carbons (Fsp3) is 0.377. The first-order valence-electron chi connectivity index (χ1n) is 34.2. The summed E-state index contributed by atoms with van der Waals surface area (Å²) in [6, 6.07) is 19.7. The Hall–Kier alpha value is -8.60. The summed E-state index contributed by atoms with van der Waals surface area (Å²) in [6.07, 6.45) is 15.5. The number of amides is 1. The molecule has 14 rings (SSSR count). The third-order valence-corrected chi connectivity index (χ3v) is 21.0. The highest BCUT2D eigenvalue weighted by atomic mass is 35.5. The third-order valence-electron chi connectivity index (χ3n) is 19.5. The van der Waals surface area contributed by atoms with Gasteiger partial charge in [0.25, 0.3) is 17.7 Å². The number of halogens is 4. The SMILES string of the molecule is Cc1cc(-c2cnc(N)c(-n3cc(C(=O)N(C)C)cn3)n2)cc2c1CCN(C)C2.Cc1cc(-c2cnc(N)c(O[C@@H](C)c3c(Cl)ccc(C(=O)CC4CC4)c3Cl)n2)cc2c1CCN(C)C2.Cc1cc(-c2cnc(N)c(O[C@H](C)c3c(Cl)ccc(C(=O)CC4CC4)c3Cl)n2)cc2c1CCN(C)C2. The van der Waals surface area contributed by atoms with E-state index in [1.165, 1.54) is 65.8 Å². The minimum atomic E-state index is -0.593. The molecule has 2 fully saturated rings. The normalized spacial score (nSPS) is 15.7. The average Bonchev–Trinajstić information content (AvgIpc) is 0.867. The molecule has 0 unspecified atom stereocenters. The molecule has 7 heterocycles. The zero-order chi connectivity index (χ0) is 71.8. The van der Waals surface area contributed by atoms with Crippen molar-refractivity contribution in [1.29, 1.82) is 0 Å². The standard InChI is InChI=1S/2C28H30Cl2N4O2.C21H25N7O/c2*1-15-10-18(12-19-14-34(3)9-8-20(15)19)23-13-32-27(31)28(33-23)36-16(2)25-22(29)7-6-21(26(25)30)24(35)11-17-4-5-17;1-13-7-14(8-15-11-27(4)6-5-17(13)15)18-10-23-19(22)20(25-18)28-12-16(9-24-28)21(29)26(2)3/h2*6-7,10,12-13,16-17H,4-5,8-9,11,14H2,1-3H3,(H2,31,32);7-10,12H,5-6,11H2,1-4H3,(H2,22,23)/t2*16-;/m10./s1. The highest BCUT2D eigenvalue weighted by Gasteiger charge is 2.31. The molecule has 101 heavy (non-hydrogen) atoms. The quantitative estimate of drug-likeness (QED) is 0.0716. The molecule has 2 aliphatic carbocycles. The first-order chi connectivity index (χ1) is 48.2. The van der Waals surface area contributed by atoms with Crippen molar-refractivity contribution in [1.82, 2.24) is 59.3 Å². The van der Waals surface area contributed by atoms with Crippen molar-refractivity contribution in [2.75, 3.05) is 72.1 Å². The highest BCUT2D eigenvalue weighted by Crippen LogP contribution is 2.43. The molecule has 24 heteroatoms. The number of hydrogen-bond acceptors (Lipinski definition) is 18. The van der Waals surface area contributed by atoms with Crippen molar-refractivity contribution in [3.8, 4) is 51.3 Å².